The SMILES string of the molecule is CC1(C)CCN(Cc2cn(CCN)cn2)CCS1. The van der Waals surface area contributed by atoms with Crippen molar-refractivity contribution < 1.29 is 0 Å². The van der Waals surface area contributed by atoms with E-state index < -0.39 is 0 Å². The van der Waals surface area contributed by atoms with Gasteiger partial charge in [-0.2, -0.15) is 11.8 Å². The van der Waals surface area contributed by atoms with Crippen molar-refractivity contribution in [3.8, 4) is 0 Å². The number of nitrogens with zero attached hydrogens (tertiary/aromatic N) is 3. The Labute approximate surface area is 114 Å². The van der Waals surface area contributed by atoms with Crippen molar-refractivity contribution >= 4 is 11.8 Å². The topological polar surface area (TPSA) is 47.1 Å². The minimum absolute atomic E-state index is 0.424. The molecule has 1 aromatic rings. The van der Waals surface area contributed by atoms with Gasteiger partial charge in [0.1, 0.15) is 0 Å². The predicted octanol–water partition coefficient (Wildman–Crippen LogP) is 1.56. The molecule has 2 N–H and O–H groups in total. The standard InChI is InChI=1S/C13H24N4S/c1-13(2)3-5-16(7-8-18-13)9-12-10-17(6-4-14)11-15-12/h10-11H,3-9,14H2,1-2H3. The van der Waals surface area contributed by atoms with Crippen LogP contribution in [0.15, 0.2) is 12.5 Å². The lowest BCUT2D eigenvalue weighted by atomic mass is 10.1. The van der Waals surface area contributed by atoms with E-state index in [0.29, 0.717) is 11.3 Å². The molecule has 0 atom stereocenters. The monoisotopic (exact) mass is 268 g/mol. The summed E-state index contributed by atoms with van der Waals surface area (Å²) in [4.78, 5) is 6.97. The smallest absolute Gasteiger partial charge is 0.0950 e. The van der Waals surface area contributed by atoms with Gasteiger partial charge in [0.15, 0.2) is 0 Å². The fraction of sp³-hybridized carbons (Fsp3) is 0.769. The van der Waals surface area contributed by atoms with Gasteiger partial charge in [0.2, 0.25) is 0 Å². The summed E-state index contributed by atoms with van der Waals surface area (Å²) in [6, 6.07) is 0. The number of nitrogens with two attached hydrogens (primary N) is 1. The zero-order valence-electron chi connectivity index (χ0n) is 11.4. The molecule has 1 aromatic heterocycles. The Morgan fingerprint density at radius 3 is 3.06 bits per heavy atom. The Kier molecular flexibility index (Phi) is 4.70. The van der Waals surface area contributed by atoms with Gasteiger partial charge in [0.25, 0.3) is 0 Å². The van der Waals surface area contributed by atoms with Crippen LogP contribution in [0.25, 0.3) is 0 Å². The minimum Gasteiger partial charge on any atom is -0.336 e. The van der Waals surface area contributed by atoms with E-state index in [0.717, 1.165) is 25.3 Å². The Bertz CT molecular complexity index is 375. The van der Waals surface area contributed by atoms with Crippen LogP contribution >= 0.6 is 11.8 Å². The highest BCUT2D eigenvalue weighted by Crippen LogP contribution is 2.30. The molecule has 102 valence electrons. The number of rotatable bonds is 4. The van der Waals surface area contributed by atoms with E-state index in [1.807, 2.05) is 6.33 Å². The summed E-state index contributed by atoms with van der Waals surface area (Å²) in [5, 5.41) is 0. The molecule has 1 aliphatic rings. The maximum Gasteiger partial charge on any atom is 0.0950 e. The molecule has 0 saturated carbocycles. The van der Waals surface area contributed by atoms with Crippen LogP contribution in [0.2, 0.25) is 0 Å². The van der Waals surface area contributed by atoms with Crippen LogP contribution in [-0.2, 0) is 13.1 Å². The second kappa shape index (κ2) is 6.08. The van der Waals surface area contributed by atoms with Crippen molar-refractivity contribution in [3.05, 3.63) is 18.2 Å². The highest BCUT2D eigenvalue weighted by atomic mass is 32.2. The Balaban J connectivity index is 1.88. The Morgan fingerprint density at radius 2 is 2.28 bits per heavy atom. The number of hydrogen-bond acceptors (Lipinski definition) is 4. The van der Waals surface area contributed by atoms with Crippen molar-refractivity contribution in [3.63, 3.8) is 0 Å². The molecule has 1 aliphatic heterocycles. The fourth-order valence-corrected chi connectivity index (χ4v) is 3.35. The lowest BCUT2D eigenvalue weighted by Crippen LogP contribution is -2.27. The summed E-state index contributed by atoms with van der Waals surface area (Å²) in [6.07, 6.45) is 5.26. The number of aromatic nitrogens is 2. The molecule has 0 amide bonds. The van der Waals surface area contributed by atoms with Crippen molar-refractivity contribution in [2.24, 2.45) is 5.73 Å². The summed E-state index contributed by atoms with van der Waals surface area (Å²) >= 11 is 2.09. The second-order valence-corrected chi connectivity index (χ2v) is 7.33. The predicted molar refractivity (Wildman–Crippen MR) is 77.7 cm³/mol. The fourth-order valence-electron chi connectivity index (χ4n) is 2.21. The van der Waals surface area contributed by atoms with Gasteiger partial charge in [-0.25, -0.2) is 4.98 Å². The third-order valence-corrected chi connectivity index (χ3v) is 4.76. The largest absolute Gasteiger partial charge is 0.336 e. The molecular formula is C13H24N4S. The normalized spacial score (nSPS) is 20.8. The zero-order valence-corrected chi connectivity index (χ0v) is 12.2. The van der Waals surface area contributed by atoms with Gasteiger partial charge in [0, 0.05) is 42.9 Å². The van der Waals surface area contributed by atoms with Crippen molar-refractivity contribution in [2.45, 2.75) is 38.1 Å². The van der Waals surface area contributed by atoms with Crippen LogP contribution in [0, 0.1) is 0 Å². The molecule has 0 spiro atoms. The molecule has 1 saturated heterocycles. The molecule has 2 heterocycles. The van der Waals surface area contributed by atoms with Crippen LogP contribution in [-0.4, -0.2) is 44.6 Å². The summed E-state index contributed by atoms with van der Waals surface area (Å²) in [5.74, 6) is 1.22. The van der Waals surface area contributed by atoms with E-state index >= 15 is 0 Å². The molecule has 1 fully saturated rings. The van der Waals surface area contributed by atoms with Gasteiger partial charge in [0.05, 0.1) is 12.0 Å². The van der Waals surface area contributed by atoms with Gasteiger partial charge in [-0.1, -0.05) is 13.8 Å². The van der Waals surface area contributed by atoms with Crippen LogP contribution in [0.1, 0.15) is 26.0 Å². The summed E-state index contributed by atoms with van der Waals surface area (Å²) in [6.45, 7) is 9.52. The summed E-state index contributed by atoms with van der Waals surface area (Å²) < 4.78 is 2.50. The average Bonchev–Trinajstić information content (AvgIpc) is 2.66. The molecule has 0 radical (unpaired) electrons. The molecule has 2 rings (SSSR count). The molecule has 4 nitrogen and oxygen atoms in total. The molecule has 0 aromatic carbocycles. The van der Waals surface area contributed by atoms with Gasteiger partial charge in [-0.15, -0.1) is 0 Å². The lowest BCUT2D eigenvalue weighted by molar-refractivity contribution is 0.273. The van der Waals surface area contributed by atoms with Crippen LogP contribution in [0.5, 0.6) is 0 Å². The Hall–Kier alpha value is -0.520. The summed E-state index contributed by atoms with van der Waals surface area (Å²) in [7, 11) is 0. The third-order valence-electron chi connectivity index (χ3n) is 3.39. The van der Waals surface area contributed by atoms with Gasteiger partial charge >= 0.3 is 0 Å². The van der Waals surface area contributed by atoms with E-state index in [1.54, 1.807) is 0 Å². The van der Waals surface area contributed by atoms with Crippen molar-refractivity contribution in [2.75, 3.05) is 25.4 Å². The van der Waals surface area contributed by atoms with E-state index in [2.05, 4.69) is 46.3 Å². The summed E-state index contributed by atoms with van der Waals surface area (Å²) in [5.41, 5.74) is 6.70. The van der Waals surface area contributed by atoms with Gasteiger partial charge in [-0.3, -0.25) is 4.90 Å². The van der Waals surface area contributed by atoms with Crippen LogP contribution < -0.4 is 5.73 Å². The van der Waals surface area contributed by atoms with Crippen LogP contribution in [0.3, 0.4) is 0 Å². The lowest BCUT2D eigenvalue weighted by Gasteiger charge is -2.22. The molecular weight excluding hydrogens is 244 g/mol. The maximum atomic E-state index is 5.54. The molecule has 0 unspecified atom stereocenters. The average molecular weight is 268 g/mol. The van der Waals surface area contributed by atoms with Crippen molar-refractivity contribution in [1.29, 1.82) is 0 Å². The second-order valence-electron chi connectivity index (χ2n) is 5.53. The van der Waals surface area contributed by atoms with E-state index in [4.69, 9.17) is 5.73 Å². The number of hydrogen-bond donors (Lipinski definition) is 1. The first-order valence-electron chi connectivity index (χ1n) is 6.66. The van der Waals surface area contributed by atoms with E-state index in [-0.39, 0.29) is 0 Å². The number of thioether (sulfide) groups is 1. The first kappa shape index (κ1) is 13.9. The number of imidazole rings is 1. The zero-order chi connectivity index (χ0) is 13.0. The van der Waals surface area contributed by atoms with Gasteiger partial charge in [-0.05, 0) is 13.0 Å². The van der Waals surface area contributed by atoms with Crippen LogP contribution in [0.4, 0.5) is 0 Å². The quantitative estimate of drug-likeness (QED) is 0.900. The van der Waals surface area contributed by atoms with E-state index in [1.165, 1.54) is 18.7 Å². The molecule has 5 heteroatoms. The minimum atomic E-state index is 0.424. The third kappa shape index (κ3) is 4.00. The first-order chi connectivity index (χ1) is 8.59. The molecule has 18 heavy (non-hydrogen) atoms. The first-order valence-corrected chi connectivity index (χ1v) is 7.65. The van der Waals surface area contributed by atoms with E-state index in [9.17, 15) is 0 Å². The van der Waals surface area contributed by atoms with Gasteiger partial charge < -0.3 is 10.3 Å². The molecule has 0 bridgehead atoms. The molecule has 0 aliphatic carbocycles. The highest BCUT2D eigenvalue weighted by Gasteiger charge is 2.23. The van der Waals surface area contributed by atoms with Crippen molar-refractivity contribution in [1.82, 2.24) is 14.5 Å². The maximum absolute atomic E-state index is 5.54. The highest BCUT2D eigenvalue weighted by molar-refractivity contribution is 8.00. The Morgan fingerprint density at radius 1 is 1.44 bits per heavy atom.